The van der Waals surface area contributed by atoms with E-state index in [0.717, 1.165) is 4.90 Å². The summed E-state index contributed by atoms with van der Waals surface area (Å²) >= 11 is 12.3. The summed E-state index contributed by atoms with van der Waals surface area (Å²) in [6.07, 6.45) is 0. The van der Waals surface area contributed by atoms with Crippen LogP contribution in [0.15, 0.2) is 41.2 Å². The first-order valence-electron chi connectivity index (χ1n) is 10.7. The number of fused-ring (bicyclic) bond motifs is 1. The maximum absolute atomic E-state index is 13.4. The molecule has 3 aromatic rings. The van der Waals surface area contributed by atoms with Crippen molar-refractivity contribution in [2.45, 2.75) is 33.5 Å². The number of benzene rings is 2. The molecule has 0 aliphatic carbocycles. The van der Waals surface area contributed by atoms with Gasteiger partial charge in [-0.05, 0) is 43.7 Å². The molecule has 4 rings (SSSR count). The molecule has 1 aliphatic heterocycles. The minimum absolute atomic E-state index is 0.169. The lowest BCUT2D eigenvalue weighted by Crippen LogP contribution is -2.58. The van der Waals surface area contributed by atoms with Crippen LogP contribution in [0.4, 0.5) is 10.5 Å². The number of carbonyl (C=O) groups excluding carboxylic acids is 2. The van der Waals surface area contributed by atoms with Gasteiger partial charge in [0.15, 0.2) is 5.92 Å². The number of carboxylic acid groups (broad SMARTS) is 1. The predicted molar refractivity (Wildman–Crippen MR) is 128 cm³/mol. The third-order valence-corrected chi connectivity index (χ3v) is 6.85. The fraction of sp³-hybridized carbons (Fsp3) is 0.304. The van der Waals surface area contributed by atoms with Crippen LogP contribution in [-0.2, 0) is 29.2 Å². The Morgan fingerprint density at radius 3 is 2.35 bits per heavy atom. The Morgan fingerprint density at radius 1 is 1.03 bits per heavy atom. The number of carboxylic acids is 1. The third kappa shape index (κ3) is 3.84. The van der Waals surface area contributed by atoms with Crippen molar-refractivity contribution in [2.24, 2.45) is 5.92 Å². The van der Waals surface area contributed by atoms with Gasteiger partial charge in [-0.25, -0.2) is 9.59 Å². The number of aliphatic carboxylic acids is 1. The summed E-state index contributed by atoms with van der Waals surface area (Å²) in [7, 11) is 0. The van der Waals surface area contributed by atoms with Gasteiger partial charge in [0.2, 0.25) is 5.91 Å². The number of aromatic nitrogens is 2. The number of aryl methyl sites for hydroxylation is 2. The molecule has 9 nitrogen and oxygen atoms in total. The summed E-state index contributed by atoms with van der Waals surface area (Å²) in [6.45, 7) is 4.05. The van der Waals surface area contributed by atoms with Gasteiger partial charge >= 0.3 is 17.7 Å². The normalized spacial score (nSPS) is 16.5. The summed E-state index contributed by atoms with van der Waals surface area (Å²) in [5, 5.41) is 10.1. The highest BCUT2D eigenvalue weighted by Crippen LogP contribution is 2.31. The Balaban J connectivity index is 1.79. The molecule has 34 heavy (non-hydrogen) atoms. The largest absolute Gasteiger partial charge is 0.481 e. The number of imidazole rings is 1. The van der Waals surface area contributed by atoms with E-state index < -0.39 is 23.8 Å². The van der Waals surface area contributed by atoms with Gasteiger partial charge in [-0.3, -0.25) is 28.5 Å². The molecule has 2 heterocycles. The summed E-state index contributed by atoms with van der Waals surface area (Å²) in [5.74, 6) is -3.62. The van der Waals surface area contributed by atoms with Crippen LogP contribution in [0, 0.1) is 5.92 Å². The smallest absolute Gasteiger partial charge is 0.331 e. The molecule has 1 fully saturated rings. The molecule has 1 aromatic heterocycles. The highest BCUT2D eigenvalue weighted by molar-refractivity contribution is 6.42. The van der Waals surface area contributed by atoms with Crippen molar-refractivity contribution in [3.8, 4) is 0 Å². The highest BCUT2D eigenvalue weighted by atomic mass is 35.5. The SMILES string of the molecule is CCn1c(=O)n(CC)c2cc(N3CC(C(=O)O)C(=O)N(Cc4cccc(Cl)c4Cl)C3=O)ccc21. The van der Waals surface area contributed by atoms with Gasteiger partial charge in [-0.1, -0.05) is 35.3 Å². The van der Waals surface area contributed by atoms with E-state index >= 15 is 0 Å². The zero-order valence-corrected chi connectivity index (χ0v) is 20.0. The van der Waals surface area contributed by atoms with Crippen LogP contribution < -0.4 is 10.6 Å². The lowest BCUT2D eigenvalue weighted by atomic mass is 10.0. The Hall–Kier alpha value is -3.30. The Kier molecular flexibility index (Phi) is 6.42. The van der Waals surface area contributed by atoms with Crippen LogP contribution in [0.3, 0.4) is 0 Å². The van der Waals surface area contributed by atoms with Crippen LogP contribution in [0.1, 0.15) is 19.4 Å². The topological polar surface area (TPSA) is 105 Å². The van der Waals surface area contributed by atoms with E-state index in [-0.39, 0.29) is 28.8 Å². The second-order valence-corrected chi connectivity index (χ2v) is 8.65. The van der Waals surface area contributed by atoms with E-state index in [0.29, 0.717) is 35.4 Å². The number of hydrogen-bond acceptors (Lipinski definition) is 4. The number of anilines is 1. The van der Waals surface area contributed by atoms with Gasteiger partial charge in [-0.2, -0.15) is 0 Å². The molecule has 1 saturated heterocycles. The molecular weight excluding hydrogens is 483 g/mol. The molecule has 0 radical (unpaired) electrons. The molecule has 11 heteroatoms. The molecule has 2 aromatic carbocycles. The van der Waals surface area contributed by atoms with Crippen LogP contribution in [0.25, 0.3) is 11.0 Å². The summed E-state index contributed by atoms with van der Waals surface area (Å²) < 4.78 is 3.21. The van der Waals surface area contributed by atoms with Crippen molar-refractivity contribution >= 4 is 57.8 Å². The minimum atomic E-state index is -1.46. The summed E-state index contributed by atoms with van der Waals surface area (Å²) in [5.41, 5.74) is 1.95. The zero-order chi connectivity index (χ0) is 24.7. The molecule has 0 saturated carbocycles. The number of carbonyl (C=O) groups is 3. The first kappa shape index (κ1) is 23.8. The summed E-state index contributed by atoms with van der Waals surface area (Å²) in [4.78, 5) is 53.0. The number of imide groups is 1. The van der Waals surface area contributed by atoms with Gasteiger partial charge < -0.3 is 5.11 Å². The van der Waals surface area contributed by atoms with E-state index in [2.05, 4.69) is 0 Å². The van der Waals surface area contributed by atoms with E-state index in [4.69, 9.17) is 23.2 Å². The standard InChI is InChI=1S/C23H22Cl2N4O5/c1-3-26-17-9-8-14(10-18(17)27(4-2)22(26)33)28-12-15(21(31)32)20(30)29(23(28)34)11-13-6-5-7-16(24)19(13)25/h5-10,15H,3-4,11-12H2,1-2H3,(H,31,32). The predicted octanol–water partition coefficient (Wildman–Crippen LogP) is 3.82. The van der Waals surface area contributed by atoms with E-state index in [1.807, 2.05) is 13.8 Å². The van der Waals surface area contributed by atoms with Crippen LogP contribution in [0.5, 0.6) is 0 Å². The van der Waals surface area contributed by atoms with Crippen molar-refractivity contribution in [1.29, 1.82) is 0 Å². The van der Waals surface area contributed by atoms with Crippen molar-refractivity contribution in [3.05, 3.63) is 62.5 Å². The van der Waals surface area contributed by atoms with E-state index in [1.165, 1.54) is 4.90 Å². The molecule has 178 valence electrons. The molecule has 1 aliphatic rings. The molecule has 1 atom stereocenters. The fourth-order valence-corrected chi connectivity index (χ4v) is 4.62. The van der Waals surface area contributed by atoms with Crippen molar-refractivity contribution in [1.82, 2.24) is 14.0 Å². The van der Waals surface area contributed by atoms with Crippen molar-refractivity contribution < 1.29 is 19.5 Å². The molecule has 1 unspecified atom stereocenters. The molecular formula is C23H22Cl2N4O5. The number of hydrogen-bond donors (Lipinski definition) is 1. The minimum Gasteiger partial charge on any atom is -0.481 e. The molecule has 0 bridgehead atoms. The average molecular weight is 505 g/mol. The van der Waals surface area contributed by atoms with Crippen molar-refractivity contribution in [2.75, 3.05) is 11.4 Å². The van der Waals surface area contributed by atoms with E-state index in [1.54, 1.807) is 45.5 Å². The molecule has 1 N–H and O–H groups in total. The number of rotatable bonds is 6. The average Bonchev–Trinajstić information content (AvgIpc) is 3.08. The summed E-state index contributed by atoms with van der Waals surface area (Å²) in [6, 6.07) is 9.17. The second kappa shape index (κ2) is 9.15. The van der Waals surface area contributed by atoms with Gasteiger partial charge in [-0.15, -0.1) is 0 Å². The maximum Gasteiger partial charge on any atom is 0.331 e. The number of urea groups is 1. The first-order chi connectivity index (χ1) is 16.2. The van der Waals surface area contributed by atoms with E-state index in [9.17, 15) is 24.3 Å². The Morgan fingerprint density at radius 2 is 1.71 bits per heavy atom. The number of amides is 3. The first-order valence-corrected chi connectivity index (χ1v) is 11.5. The lowest BCUT2D eigenvalue weighted by Gasteiger charge is -2.37. The van der Waals surface area contributed by atoms with Gasteiger partial charge in [0, 0.05) is 25.3 Å². The zero-order valence-electron chi connectivity index (χ0n) is 18.5. The van der Waals surface area contributed by atoms with Crippen LogP contribution >= 0.6 is 23.2 Å². The third-order valence-electron chi connectivity index (χ3n) is 6.00. The monoisotopic (exact) mass is 504 g/mol. The van der Waals surface area contributed by atoms with Gasteiger partial charge in [0.05, 0.1) is 27.6 Å². The molecule has 0 spiro atoms. The highest BCUT2D eigenvalue weighted by Gasteiger charge is 2.43. The number of halogens is 2. The Bertz CT molecular complexity index is 1380. The van der Waals surface area contributed by atoms with Gasteiger partial charge in [0.25, 0.3) is 0 Å². The number of nitrogens with zero attached hydrogens (tertiary/aromatic N) is 4. The Labute approximate surface area is 204 Å². The second-order valence-electron chi connectivity index (χ2n) is 7.87. The quantitative estimate of drug-likeness (QED) is 0.513. The molecule has 3 amide bonds. The fourth-order valence-electron chi connectivity index (χ4n) is 4.24. The van der Waals surface area contributed by atoms with Crippen LogP contribution in [0.2, 0.25) is 10.0 Å². The van der Waals surface area contributed by atoms with Gasteiger partial charge in [0.1, 0.15) is 0 Å². The van der Waals surface area contributed by atoms with Crippen molar-refractivity contribution in [3.63, 3.8) is 0 Å². The van der Waals surface area contributed by atoms with Crippen LogP contribution in [-0.4, -0.2) is 43.6 Å². The maximum atomic E-state index is 13.4. The lowest BCUT2D eigenvalue weighted by molar-refractivity contribution is -0.150.